The van der Waals surface area contributed by atoms with Crippen molar-refractivity contribution in [1.29, 1.82) is 0 Å². The number of hydrogen-bond donors (Lipinski definition) is 0. The van der Waals surface area contributed by atoms with Gasteiger partial charge in [-0.1, -0.05) is 6.08 Å². The Balaban J connectivity index is 2.81. The van der Waals surface area contributed by atoms with E-state index in [1.165, 1.54) is 6.08 Å². The third-order valence-electron chi connectivity index (χ3n) is 7.46. The first-order valence-corrected chi connectivity index (χ1v) is 15.9. The molecule has 0 unspecified atom stereocenters. The summed E-state index contributed by atoms with van der Waals surface area (Å²) in [5, 5.41) is 0. The van der Waals surface area contributed by atoms with Gasteiger partial charge in [-0.05, 0) is 102 Å². The van der Waals surface area contributed by atoms with E-state index in [0.29, 0.717) is 12.8 Å². The summed E-state index contributed by atoms with van der Waals surface area (Å²) in [5.41, 5.74) is -3.76. The quantitative estimate of drug-likeness (QED) is 0.183. The second-order valence-electron chi connectivity index (χ2n) is 16.2. The van der Waals surface area contributed by atoms with E-state index in [-0.39, 0.29) is 24.9 Å². The maximum absolute atomic E-state index is 13.5. The maximum atomic E-state index is 13.5. The molecule has 0 aromatic rings. The molecule has 46 heavy (non-hydrogen) atoms. The van der Waals surface area contributed by atoms with Gasteiger partial charge in [0, 0.05) is 18.7 Å². The van der Waals surface area contributed by atoms with Crippen LogP contribution in [-0.2, 0) is 47.7 Å². The Hall–Kier alpha value is -3.21. The largest absolute Gasteiger partial charge is 0.462 e. The highest BCUT2D eigenvalue weighted by Gasteiger charge is 2.56. The molecule has 0 N–H and O–H groups in total. The van der Waals surface area contributed by atoms with Gasteiger partial charge in [0.25, 0.3) is 0 Å². The first kappa shape index (κ1) is 39.0. The Morgan fingerprint density at radius 1 is 0.783 bits per heavy atom. The lowest BCUT2D eigenvalue weighted by Gasteiger charge is -2.50. The molecule has 0 aliphatic carbocycles. The van der Waals surface area contributed by atoms with Gasteiger partial charge in [-0.2, -0.15) is 0 Å². The number of carbonyl (C=O) groups excluding carboxylic acids is 5. The molecule has 2 aliphatic rings. The number of ether oxygens (including phenoxy) is 5. The van der Waals surface area contributed by atoms with Crippen LogP contribution in [0.3, 0.4) is 0 Å². The minimum atomic E-state index is -1.37. The van der Waals surface area contributed by atoms with Crippen LogP contribution in [0.15, 0.2) is 24.9 Å². The lowest BCUT2D eigenvalue weighted by atomic mass is 9.91. The van der Waals surface area contributed by atoms with Crippen molar-refractivity contribution in [2.45, 2.75) is 139 Å². The summed E-state index contributed by atoms with van der Waals surface area (Å²) in [4.78, 5) is 67.6. The molecule has 11 heteroatoms. The normalized spacial score (nSPS) is 25.8. The number of nitrogens with zero attached hydrogens (tertiary/aromatic N) is 1. The van der Waals surface area contributed by atoms with Gasteiger partial charge in [0.05, 0.1) is 21.7 Å². The van der Waals surface area contributed by atoms with Crippen molar-refractivity contribution in [3.63, 3.8) is 0 Å². The van der Waals surface area contributed by atoms with Gasteiger partial charge in [0.2, 0.25) is 0 Å². The molecular formula is C35H55NO10. The summed E-state index contributed by atoms with van der Waals surface area (Å²) in [6.07, 6.45) is -0.281. The van der Waals surface area contributed by atoms with Crippen LogP contribution in [0.1, 0.15) is 102 Å². The zero-order valence-electron chi connectivity index (χ0n) is 29.8. The van der Waals surface area contributed by atoms with Gasteiger partial charge in [-0.3, -0.25) is 24.0 Å². The number of hydrogen-bond acceptors (Lipinski definition) is 11. The second-order valence-corrected chi connectivity index (χ2v) is 16.2. The minimum absolute atomic E-state index is 0.0901. The first-order chi connectivity index (χ1) is 20.9. The Bertz CT molecular complexity index is 1180. The zero-order chi connectivity index (χ0) is 35.4. The third-order valence-corrected chi connectivity index (χ3v) is 7.46. The van der Waals surface area contributed by atoms with Gasteiger partial charge in [-0.25, -0.2) is 0 Å². The van der Waals surface area contributed by atoms with Crippen LogP contribution >= 0.6 is 0 Å². The van der Waals surface area contributed by atoms with Crippen molar-refractivity contribution in [2.24, 2.45) is 21.7 Å². The van der Waals surface area contributed by atoms with Crippen molar-refractivity contribution in [3.05, 3.63) is 24.9 Å². The van der Waals surface area contributed by atoms with E-state index in [9.17, 15) is 24.0 Å². The lowest BCUT2D eigenvalue weighted by molar-refractivity contribution is -0.283. The average Bonchev–Trinajstić information content (AvgIpc) is 2.90. The van der Waals surface area contributed by atoms with Crippen molar-refractivity contribution >= 4 is 29.7 Å². The van der Waals surface area contributed by atoms with Gasteiger partial charge in [-0.15, -0.1) is 6.58 Å². The molecular weight excluding hydrogens is 594 g/mol. The Kier molecular flexibility index (Phi) is 12.4. The van der Waals surface area contributed by atoms with E-state index in [1.807, 2.05) is 0 Å². The van der Waals surface area contributed by atoms with Crippen LogP contribution in [-0.4, -0.2) is 77.9 Å². The van der Waals surface area contributed by atoms with Crippen LogP contribution in [0, 0.1) is 21.7 Å². The molecule has 2 rings (SSSR count). The molecule has 2 aliphatic heterocycles. The third kappa shape index (κ3) is 10.4. The Labute approximate surface area is 274 Å². The summed E-state index contributed by atoms with van der Waals surface area (Å²) < 4.78 is 30.6. The van der Waals surface area contributed by atoms with Crippen LogP contribution in [0.5, 0.6) is 0 Å². The fraction of sp³-hybridized carbons (Fsp3) is 0.743. The van der Waals surface area contributed by atoms with E-state index in [0.717, 1.165) is 0 Å². The molecule has 0 spiro atoms. The minimum Gasteiger partial charge on any atom is -0.462 e. The van der Waals surface area contributed by atoms with E-state index < -0.39 is 76.2 Å². The summed E-state index contributed by atoms with van der Waals surface area (Å²) in [6, 6.07) is -0.387. The van der Waals surface area contributed by atoms with E-state index in [2.05, 4.69) is 6.58 Å². The zero-order valence-corrected chi connectivity index (χ0v) is 29.8. The predicted molar refractivity (Wildman–Crippen MR) is 171 cm³/mol. The predicted octanol–water partition coefficient (Wildman–Crippen LogP) is 5.30. The molecule has 2 heterocycles. The maximum Gasteiger partial charge on any atom is 0.311 e. The molecule has 0 aromatic heterocycles. The van der Waals surface area contributed by atoms with E-state index in [4.69, 9.17) is 23.7 Å². The van der Waals surface area contributed by atoms with Crippen molar-refractivity contribution in [2.75, 3.05) is 6.61 Å². The average molecular weight is 650 g/mol. The number of rotatable bonds is 9. The molecule has 6 atom stereocenters. The Morgan fingerprint density at radius 2 is 1.24 bits per heavy atom. The fourth-order valence-corrected chi connectivity index (χ4v) is 4.50. The molecule has 0 saturated carbocycles. The number of allylic oxidation sites excluding steroid dienone is 2. The van der Waals surface area contributed by atoms with Crippen LogP contribution in [0.2, 0.25) is 0 Å². The van der Waals surface area contributed by atoms with E-state index >= 15 is 0 Å². The van der Waals surface area contributed by atoms with Crippen LogP contribution in [0.4, 0.5) is 0 Å². The smallest absolute Gasteiger partial charge is 0.311 e. The van der Waals surface area contributed by atoms with Crippen LogP contribution < -0.4 is 0 Å². The summed E-state index contributed by atoms with van der Waals surface area (Å²) >= 11 is 0. The molecule has 0 bridgehead atoms. The van der Waals surface area contributed by atoms with E-state index in [1.54, 1.807) is 100 Å². The first-order valence-electron chi connectivity index (χ1n) is 15.9. The number of esters is 4. The Morgan fingerprint density at radius 3 is 1.70 bits per heavy atom. The second kappa shape index (κ2) is 14.7. The van der Waals surface area contributed by atoms with Crippen LogP contribution in [0.25, 0.3) is 0 Å². The number of ketones is 1. The molecule has 260 valence electrons. The molecule has 0 amide bonds. The summed E-state index contributed by atoms with van der Waals surface area (Å²) in [6.45, 7) is 23.6. The van der Waals surface area contributed by atoms with Crippen molar-refractivity contribution < 1.29 is 47.7 Å². The summed E-state index contributed by atoms with van der Waals surface area (Å²) in [5.74, 6) is -2.49. The van der Waals surface area contributed by atoms with Crippen molar-refractivity contribution in [3.8, 4) is 0 Å². The standard InChI is InChI=1S/C35H55NO10/c1-14-15-16-21-19-22(37)17-18-36(21)27-26(46-31(41)35(11,12)13)25(45-30(40)34(8,9)10)24(44-29(39)33(5,6)7)23(43-27)20-42-28(38)32(2,3)4/h14,17-18,21,23-27H,1,15-16,19-20H2,2-13H3/t21-,23+,24-,25-,26+,27+/m0/s1. The highest BCUT2D eigenvalue weighted by Crippen LogP contribution is 2.37. The van der Waals surface area contributed by atoms with Gasteiger partial charge < -0.3 is 28.6 Å². The topological polar surface area (TPSA) is 135 Å². The summed E-state index contributed by atoms with van der Waals surface area (Å²) in [7, 11) is 0. The molecule has 1 fully saturated rings. The number of carbonyl (C=O) groups is 5. The molecule has 1 saturated heterocycles. The van der Waals surface area contributed by atoms with Crippen molar-refractivity contribution in [1.82, 2.24) is 4.90 Å². The molecule has 0 radical (unpaired) electrons. The fourth-order valence-electron chi connectivity index (χ4n) is 4.50. The monoisotopic (exact) mass is 649 g/mol. The molecule has 0 aromatic carbocycles. The molecule has 11 nitrogen and oxygen atoms in total. The van der Waals surface area contributed by atoms with Gasteiger partial charge >= 0.3 is 23.9 Å². The highest BCUT2D eigenvalue weighted by atomic mass is 16.7. The SMILES string of the molecule is C=CCC[C@H]1CC(=O)C=CN1[C@@H]1O[C@H](COC(=O)C(C)(C)C)[C@H](OC(=O)C(C)(C)C)[C@H](OC(=O)C(C)(C)C)[C@H]1OC(=O)C(C)(C)C. The van der Waals surface area contributed by atoms with Gasteiger partial charge in [0.1, 0.15) is 12.7 Å². The highest BCUT2D eigenvalue weighted by molar-refractivity contribution is 5.90. The van der Waals surface area contributed by atoms with Gasteiger partial charge in [0.15, 0.2) is 30.3 Å². The lowest BCUT2D eigenvalue weighted by Crippen LogP contribution is -2.67.